The van der Waals surface area contributed by atoms with Crippen molar-refractivity contribution in [1.82, 2.24) is 20.5 Å². The Morgan fingerprint density at radius 2 is 2.00 bits per heavy atom. The highest BCUT2D eigenvalue weighted by molar-refractivity contribution is 7.94. The quantitative estimate of drug-likeness (QED) is 0.113. The monoisotopic (exact) mass is 450 g/mol. The number of carbonyl (C=O) groups excluding carboxylic acids is 2. The molecule has 166 valence electrons. The predicted octanol–water partition coefficient (Wildman–Crippen LogP) is -1.49. The number of guanidine groups is 1. The molecule has 13 heteroatoms. The van der Waals surface area contributed by atoms with Crippen LogP contribution in [0.3, 0.4) is 0 Å². The van der Waals surface area contributed by atoms with Gasteiger partial charge in [-0.2, -0.15) is 0 Å². The van der Waals surface area contributed by atoms with Gasteiger partial charge in [-0.25, -0.2) is 13.2 Å². The summed E-state index contributed by atoms with van der Waals surface area (Å²) in [7, 11) is -4.00. The third kappa shape index (κ3) is 3.60. The first-order valence-electron chi connectivity index (χ1n) is 9.22. The Morgan fingerprint density at radius 1 is 1.35 bits per heavy atom. The van der Waals surface area contributed by atoms with Crippen molar-refractivity contribution in [3.05, 3.63) is 35.2 Å². The van der Waals surface area contributed by atoms with Gasteiger partial charge in [-0.3, -0.25) is 20.0 Å². The molecule has 0 radical (unpaired) electrons. The minimum atomic E-state index is -4.00. The van der Waals surface area contributed by atoms with Gasteiger partial charge < -0.3 is 26.4 Å². The zero-order chi connectivity index (χ0) is 23.1. The van der Waals surface area contributed by atoms with Crippen molar-refractivity contribution in [2.45, 2.75) is 30.0 Å². The standard InChI is InChI=1S/C18H22N6O6S/c1-18(2)12(16(27)28)24-14(26)11(15(24)31(18,29)30)8-10-7-9(3-4-21-10)13(25)22-5-6-23-17(19)20/h3-4,7-8,12,15H,5-6H2,1-2H3,(H,22,25)(H,27,28)(H4,19,20,23)/b11-8-/t12-,15+/m0/s1. The van der Waals surface area contributed by atoms with E-state index in [1.54, 1.807) is 0 Å². The van der Waals surface area contributed by atoms with E-state index in [2.05, 4.69) is 15.6 Å². The third-order valence-corrected chi connectivity index (χ3v) is 8.03. The number of nitrogens with two attached hydrogens (primary N) is 1. The molecule has 31 heavy (non-hydrogen) atoms. The number of carboxylic acids is 1. The second-order valence-corrected chi connectivity index (χ2v) is 10.2. The van der Waals surface area contributed by atoms with Gasteiger partial charge in [-0.1, -0.05) is 0 Å². The maximum atomic E-state index is 12.9. The summed E-state index contributed by atoms with van der Waals surface area (Å²) in [5.41, 5.74) is 5.48. The average Bonchev–Trinajstić information content (AvgIpc) is 2.83. The van der Waals surface area contributed by atoms with E-state index < -0.39 is 43.8 Å². The Morgan fingerprint density at radius 3 is 2.61 bits per heavy atom. The van der Waals surface area contributed by atoms with Crippen LogP contribution < -0.4 is 16.4 Å². The molecule has 0 aliphatic carbocycles. The molecule has 12 nitrogen and oxygen atoms in total. The molecule has 0 bridgehead atoms. The van der Waals surface area contributed by atoms with Crippen LogP contribution in [0, 0.1) is 5.41 Å². The molecule has 2 saturated heterocycles. The molecule has 1 aromatic rings. The number of carbonyl (C=O) groups is 3. The van der Waals surface area contributed by atoms with E-state index in [4.69, 9.17) is 11.1 Å². The van der Waals surface area contributed by atoms with Crippen LogP contribution in [0.15, 0.2) is 23.9 Å². The zero-order valence-corrected chi connectivity index (χ0v) is 17.6. The molecule has 2 aliphatic rings. The first-order valence-corrected chi connectivity index (χ1v) is 10.8. The molecular weight excluding hydrogens is 428 g/mol. The zero-order valence-electron chi connectivity index (χ0n) is 16.7. The van der Waals surface area contributed by atoms with Crippen LogP contribution in [-0.2, 0) is 19.4 Å². The number of aliphatic carboxylic acids is 1. The van der Waals surface area contributed by atoms with E-state index in [1.807, 2.05) is 0 Å². The Labute approximate surface area is 177 Å². The fourth-order valence-corrected chi connectivity index (χ4v) is 5.77. The number of nitrogens with zero attached hydrogens (tertiary/aromatic N) is 2. The van der Waals surface area contributed by atoms with Crippen LogP contribution in [0.25, 0.3) is 6.08 Å². The van der Waals surface area contributed by atoms with E-state index in [0.29, 0.717) is 0 Å². The van der Waals surface area contributed by atoms with Gasteiger partial charge in [0.25, 0.3) is 11.8 Å². The highest BCUT2D eigenvalue weighted by Gasteiger charge is 2.70. The van der Waals surface area contributed by atoms with E-state index >= 15 is 0 Å². The number of amides is 2. The van der Waals surface area contributed by atoms with Crippen LogP contribution >= 0.6 is 0 Å². The summed E-state index contributed by atoms with van der Waals surface area (Å²) in [6, 6.07) is 1.35. The molecule has 3 rings (SSSR count). The van der Waals surface area contributed by atoms with Crippen LogP contribution in [0.4, 0.5) is 0 Å². The van der Waals surface area contributed by atoms with Crippen molar-refractivity contribution < 1.29 is 27.9 Å². The molecule has 6 N–H and O–H groups in total. The van der Waals surface area contributed by atoms with Crippen molar-refractivity contribution in [1.29, 1.82) is 5.41 Å². The number of rotatable bonds is 6. The summed E-state index contributed by atoms with van der Waals surface area (Å²) in [6.07, 6.45) is 2.60. The summed E-state index contributed by atoms with van der Waals surface area (Å²) >= 11 is 0. The highest BCUT2D eigenvalue weighted by atomic mass is 32.2. The van der Waals surface area contributed by atoms with E-state index in [0.717, 1.165) is 4.90 Å². The van der Waals surface area contributed by atoms with Crippen molar-refractivity contribution in [2.75, 3.05) is 13.1 Å². The predicted molar refractivity (Wildman–Crippen MR) is 110 cm³/mol. The molecular formula is C18H22N6O6S. The number of hydrogen-bond acceptors (Lipinski definition) is 7. The highest BCUT2D eigenvalue weighted by Crippen LogP contribution is 2.48. The Hall–Kier alpha value is -3.48. The number of aromatic nitrogens is 1. The van der Waals surface area contributed by atoms with Gasteiger partial charge in [0.2, 0.25) is 0 Å². The number of hydrogen-bond donors (Lipinski definition) is 5. The van der Waals surface area contributed by atoms with Crippen LogP contribution in [-0.4, -0.2) is 76.4 Å². The average molecular weight is 450 g/mol. The van der Waals surface area contributed by atoms with Crippen LogP contribution in [0.5, 0.6) is 0 Å². The van der Waals surface area contributed by atoms with E-state index in [-0.39, 0.29) is 35.9 Å². The largest absolute Gasteiger partial charge is 0.480 e. The first-order chi connectivity index (χ1) is 14.4. The Balaban J connectivity index is 1.83. The second-order valence-electron chi connectivity index (χ2n) is 7.62. The Kier molecular flexibility index (Phi) is 5.48. The van der Waals surface area contributed by atoms with Gasteiger partial charge in [-0.15, -0.1) is 0 Å². The summed E-state index contributed by atoms with van der Waals surface area (Å²) in [5, 5.41) is 20.3. The minimum Gasteiger partial charge on any atom is -0.480 e. The molecule has 2 atom stereocenters. The van der Waals surface area contributed by atoms with Crippen molar-refractivity contribution >= 4 is 39.7 Å². The van der Waals surface area contributed by atoms with Crippen LogP contribution in [0.2, 0.25) is 0 Å². The summed E-state index contributed by atoms with van der Waals surface area (Å²) in [6.45, 7) is 3.03. The van der Waals surface area contributed by atoms with Gasteiger partial charge in [0.1, 0.15) is 4.75 Å². The summed E-state index contributed by atoms with van der Waals surface area (Å²) < 4.78 is 24.1. The lowest BCUT2D eigenvalue weighted by molar-refractivity contribution is -0.152. The SMILES string of the molecule is CC1(C)[C@H](C(=O)O)N2C(=O)/C(=C/c3cc(C(=O)NCCNC(=N)N)ccn3)[C@H]2S1(=O)=O. The lowest BCUT2D eigenvalue weighted by atomic mass is 9.95. The van der Waals surface area contributed by atoms with Crippen molar-refractivity contribution in [2.24, 2.45) is 5.73 Å². The minimum absolute atomic E-state index is 0.0902. The number of nitrogens with one attached hydrogen (secondary N) is 3. The van der Waals surface area contributed by atoms with Gasteiger partial charge in [-0.05, 0) is 32.1 Å². The molecule has 0 unspecified atom stereocenters. The normalized spacial score (nSPS) is 24.3. The molecule has 0 spiro atoms. The van der Waals surface area contributed by atoms with E-state index in [9.17, 15) is 27.9 Å². The molecule has 1 aromatic heterocycles. The smallest absolute Gasteiger partial charge is 0.328 e. The molecule has 2 fully saturated rings. The number of carboxylic acid groups (broad SMARTS) is 1. The fourth-order valence-electron chi connectivity index (χ4n) is 3.64. The number of β-lactam (4-membered cyclic amide) rings is 1. The topological polar surface area (TPSA) is 196 Å². The second kappa shape index (κ2) is 7.65. The number of pyridine rings is 1. The Bertz CT molecular complexity index is 1110. The summed E-state index contributed by atoms with van der Waals surface area (Å²) in [5.74, 6) is -2.74. The van der Waals surface area contributed by atoms with Crippen LogP contribution in [0.1, 0.15) is 29.9 Å². The molecule has 2 amide bonds. The molecule has 0 aromatic carbocycles. The maximum absolute atomic E-state index is 12.9. The summed E-state index contributed by atoms with van der Waals surface area (Å²) in [4.78, 5) is 41.4. The first kappa shape index (κ1) is 22.2. The van der Waals surface area contributed by atoms with Crippen molar-refractivity contribution in [3.63, 3.8) is 0 Å². The third-order valence-electron chi connectivity index (χ3n) is 5.27. The fraction of sp³-hybridized carbons (Fsp3) is 0.389. The van der Waals surface area contributed by atoms with Gasteiger partial charge in [0.05, 0.1) is 11.3 Å². The molecule has 2 aliphatic heterocycles. The lowest BCUT2D eigenvalue weighted by Gasteiger charge is -2.37. The lowest BCUT2D eigenvalue weighted by Crippen LogP contribution is -2.58. The number of sulfone groups is 1. The maximum Gasteiger partial charge on any atom is 0.328 e. The molecule has 0 saturated carbocycles. The van der Waals surface area contributed by atoms with E-state index in [1.165, 1.54) is 38.3 Å². The number of fused-ring (bicyclic) bond motifs is 1. The van der Waals surface area contributed by atoms with Gasteiger partial charge in [0.15, 0.2) is 27.2 Å². The van der Waals surface area contributed by atoms with Gasteiger partial charge >= 0.3 is 5.97 Å². The van der Waals surface area contributed by atoms with Crippen molar-refractivity contribution in [3.8, 4) is 0 Å². The van der Waals surface area contributed by atoms with Gasteiger partial charge in [0, 0.05) is 24.8 Å². The molecule has 3 heterocycles.